The summed E-state index contributed by atoms with van der Waals surface area (Å²) >= 11 is 1.91. The van der Waals surface area contributed by atoms with Crippen molar-refractivity contribution in [3.8, 4) is 0 Å². The molecule has 2 aliphatic carbocycles. The molecule has 2 aliphatic rings. The van der Waals surface area contributed by atoms with E-state index < -0.39 is 0 Å². The van der Waals surface area contributed by atoms with Crippen LogP contribution in [0.1, 0.15) is 74.5 Å². The third kappa shape index (κ3) is 2.78. The Labute approximate surface area is 132 Å². The van der Waals surface area contributed by atoms with E-state index >= 15 is 0 Å². The quantitative estimate of drug-likeness (QED) is 0.906. The van der Waals surface area contributed by atoms with Crippen molar-refractivity contribution in [1.82, 2.24) is 10.3 Å². The van der Waals surface area contributed by atoms with Gasteiger partial charge in [-0.2, -0.15) is 0 Å². The Bertz CT molecular complexity index is 503. The first kappa shape index (κ1) is 15.4. The highest BCUT2D eigenvalue weighted by molar-refractivity contribution is 7.12. The van der Waals surface area contributed by atoms with Crippen LogP contribution in [-0.2, 0) is 16.8 Å². The van der Waals surface area contributed by atoms with E-state index in [9.17, 15) is 0 Å². The largest absolute Gasteiger partial charge is 0.371 e. The van der Waals surface area contributed by atoms with Crippen LogP contribution in [-0.4, -0.2) is 18.6 Å². The maximum atomic E-state index is 5.94. The number of hydrogen-bond acceptors (Lipinski definition) is 4. The summed E-state index contributed by atoms with van der Waals surface area (Å²) in [5.74, 6) is 0. The van der Waals surface area contributed by atoms with Crippen molar-refractivity contribution in [3.63, 3.8) is 0 Å². The van der Waals surface area contributed by atoms with Crippen LogP contribution in [0.2, 0.25) is 0 Å². The number of aromatic nitrogens is 1. The van der Waals surface area contributed by atoms with Crippen LogP contribution in [0.15, 0.2) is 0 Å². The van der Waals surface area contributed by atoms with Gasteiger partial charge in [0, 0.05) is 18.0 Å². The summed E-state index contributed by atoms with van der Waals surface area (Å²) in [6.45, 7) is 7.93. The number of methoxy groups -OCH3 is 1. The molecule has 0 spiro atoms. The first-order valence-corrected chi connectivity index (χ1v) is 9.10. The van der Waals surface area contributed by atoms with E-state index in [0.717, 1.165) is 25.8 Å². The maximum Gasteiger partial charge on any atom is 0.125 e. The molecule has 3 rings (SSSR count). The summed E-state index contributed by atoms with van der Waals surface area (Å²) in [5, 5.41) is 4.89. The average Bonchev–Trinajstić information content (AvgIpc) is 3.04. The highest BCUT2D eigenvalue weighted by atomic mass is 32.1. The third-order valence-corrected chi connectivity index (χ3v) is 6.49. The minimum Gasteiger partial charge on any atom is -0.371 e. The van der Waals surface area contributed by atoms with Gasteiger partial charge in [0.15, 0.2) is 0 Å². The van der Waals surface area contributed by atoms with E-state index in [1.807, 2.05) is 18.4 Å². The van der Waals surface area contributed by atoms with E-state index in [-0.39, 0.29) is 5.60 Å². The molecule has 1 saturated carbocycles. The molecule has 1 fully saturated rings. The van der Waals surface area contributed by atoms with Crippen LogP contribution in [0, 0.1) is 5.41 Å². The fraction of sp³-hybridized carbons (Fsp3) is 0.824. The molecule has 1 atom stereocenters. The fourth-order valence-corrected chi connectivity index (χ4v) is 5.37. The molecule has 0 bridgehead atoms. The molecular weight excluding hydrogens is 280 g/mol. The van der Waals surface area contributed by atoms with Crippen molar-refractivity contribution in [3.05, 3.63) is 15.6 Å². The molecule has 118 valence electrons. The summed E-state index contributed by atoms with van der Waals surface area (Å²) < 4.78 is 5.94. The number of rotatable bonds is 4. The number of nitrogens with zero attached hydrogens (tertiary/aromatic N) is 1. The molecule has 0 amide bonds. The van der Waals surface area contributed by atoms with Crippen molar-refractivity contribution in [2.75, 3.05) is 13.7 Å². The molecule has 1 aromatic heterocycles. The van der Waals surface area contributed by atoms with Gasteiger partial charge in [-0.3, -0.25) is 0 Å². The minimum absolute atomic E-state index is 0.0943. The van der Waals surface area contributed by atoms with Crippen LogP contribution in [0.25, 0.3) is 0 Å². The van der Waals surface area contributed by atoms with Gasteiger partial charge in [-0.15, -0.1) is 11.3 Å². The van der Waals surface area contributed by atoms with Gasteiger partial charge in [-0.25, -0.2) is 4.98 Å². The number of ether oxygens (including phenoxy) is 1. The van der Waals surface area contributed by atoms with Gasteiger partial charge in [0.25, 0.3) is 0 Å². The third-order valence-electron chi connectivity index (χ3n) is 5.09. The van der Waals surface area contributed by atoms with Gasteiger partial charge in [0.1, 0.15) is 10.6 Å². The zero-order chi connectivity index (χ0) is 15.1. The summed E-state index contributed by atoms with van der Waals surface area (Å²) in [4.78, 5) is 6.52. The first-order valence-electron chi connectivity index (χ1n) is 8.28. The molecule has 3 nitrogen and oxygen atoms in total. The molecule has 4 heteroatoms. The molecule has 0 aromatic carbocycles. The monoisotopic (exact) mass is 308 g/mol. The van der Waals surface area contributed by atoms with Gasteiger partial charge in [0.05, 0.1) is 5.69 Å². The summed E-state index contributed by atoms with van der Waals surface area (Å²) in [5.41, 5.74) is 1.56. The normalized spacial score (nSPS) is 26.8. The Morgan fingerprint density at radius 1 is 1.33 bits per heavy atom. The number of nitrogens with one attached hydrogen (secondary N) is 1. The molecule has 1 heterocycles. The van der Waals surface area contributed by atoms with Crippen molar-refractivity contribution in [2.24, 2.45) is 5.41 Å². The van der Waals surface area contributed by atoms with Crippen molar-refractivity contribution >= 4 is 11.3 Å². The smallest absolute Gasteiger partial charge is 0.125 e. The Balaban J connectivity index is 1.97. The second-order valence-electron chi connectivity index (χ2n) is 7.39. The number of fused-ring (bicyclic) bond motifs is 1. The van der Waals surface area contributed by atoms with Crippen LogP contribution in [0.4, 0.5) is 0 Å². The summed E-state index contributed by atoms with van der Waals surface area (Å²) in [7, 11) is 1.86. The second-order valence-corrected chi connectivity index (χ2v) is 8.42. The van der Waals surface area contributed by atoms with Crippen molar-refractivity contribution in [1.29, 1.82) is 0 Å². The fourth-order valence-electron chi connectivity index (χ4n) is 3.99. The molecule has 0 aliphatic heterocycles. The van der Waals surface area contributed by atoms with E-state index in [2.05, 4.69) is 26.1 Å². The zero-order valence-corrected chi connectivity index (χ0v) is 14.6. The van der Waals surface area contributed by atoms with Gasteiger partial charge in [0.2, 0.25) is 0 Å². The predicted octanol–water partition coefficient (Wildman–Crippen LogP) is 4.18. The van der Waals surface area contributed by atoms with Crippen LogP contribution in [0.5, 0.6) is 0 Å². The average molecular weight is 308 g/mol. The Morgan fingerprint density at radius 3 is 2.67 bits per heavy atom. The molecule has 1 unspecified atom stereocenters. The second kappa shape index (κ2) is 5.64. The number of thiazole rings is 1. The topological polar surface area (TPSA) is 34.2 Å². The molecule has 1 N–H and O–H groups in total. The predicted molar refractivity (Wildman–Crippen MR) is 87.8 cm³/mol. The van der Waals surface area contributed by atoms with Crippen LogP contribution in [0.3, 0.4) is 0 Å². The lowest BCUT2D eigenvalue weighted by atomic mass is 9.76. The standard InChI is InChI=1S/C17H28N2OS/c1-5-18-12-10-16(2,3)11-13-14(12)21-15(19-13)17(20-4)8-6-7-9-17/h12,18H,5-11H2,1-4H3. The SMILES string of the molecule is CCNC1CC(C)(C)Cc2nc(C3(OC)CCCC3)sc21. The summed E-state index contributed by atoms with van der Waals surface area (Å²) in [6.07, 6.45) is 7.09. The van der Waals surface area contributed by atoms with E-state index in [4.69, 9.17) is 9.72 Å². The van der Waals surface area contributed by atoms with Crippen molar-refractivity contribution in [2.45, 2.75) is 70.9 Å². The first-order chi connectivity index (χ1) is 10.00. The lowest BCUT2D eigenvalue weighted by Crippen LogP contribution is -2.32. The van der Waals surface area contributed by atoms with Gasteiger partial charge < -0.3 is 10.1 Å². The lowest BCUT2D eigenvalue weighted by molar-refractivity contribution is -0.00901. The molecule has 0 radical (unpaired) electrons. The van der Waals surface area contributed by atoms with Gasteiger partial charge in [-0.05, 0) is 37.6 Å². The molecule has 0 saturated heterocycles. The minimum atomic E-state index is -0.0943. The van der Waals surface area contributed by atoms with E-state index in [1.54, 1.807) is 0 Å². The van der Waals surface area contributed by atoms with Gasteiger partial charge in [-0.1, -0.05) is 33.6 Å². The van der Waals surface area contributed by atoms with Crippen LogP contribution < -0.4 is 5.32 Å². The lowest BCUT2D eigenvalue weighted by Gasteiger charge is -2.34. The van der Waals surface area contributed by atoms with Gasteiger partial charge >= 0.3 is 0 Å². The Kier molecular flexibility index (Phi) is 4.15. The zero-order valence-electron chi connectivity index (χ0n) is 13.8. The molecule has 21 heavy (non-hydrogen) atoms. The summed E-state index contributed by atoms with van der Waals surface area (Å²) in [6, 6.07) is 0.468. The molecular formula is C17H28N2OS. The number of hydrogen-bond donors (Lipinski definition) is 1. The highest BCUT2D eigenvalue weighted by Crippen LogP contribution is 2.48. The Morgan fingerprint density at radius 2 is 2.05 bits per heavy atom. The Hall–Kier alpha value is -0.450. The highest BCUT2D eigenvalue weighted by Gasteiger charge is 2.42. The van der Waals surface area contributed by atoms with E-state index in [1.165, 1.54) is 34.8 Å². The molecule has 1 aromatic rings. The van der Waals surface area contributed by atoms with Crippen LogP contribution >= 0.6 is 11.3 Å². The maximum absolute atomic E-state index is 5.94. The van der Waals surface area contributed by atoms with E-state index in [0.29, 0.717) is 11.5 Å². The van der Waals surface area contributed by atoms with Crippen molar-refractivity contribution < 1.29 is 4.74 Å².